The number of rotatable bonds is 10. The summed E-state index contributed by atoms with van der Waals surface area (Å²) < 4.78 is 5.92. The summed E-state index contributed by atoms with van der Waals surface area (Å²) in [7, 11) is 0. The Morgan fingerprint density at radius 1 is 0.974 bits per heavy atom. The molecule has 3 aromatic rings. The van der Waals surface area contributed by atoms with Crippen LogP contribution in [-0.4, -0.2) is 23.5 Å². The molecule has 0 aliphatic carbocycles. The summed E-state index contributed by atoms with van der Waals surface area (Å²) in [6.45, 7) is 10.3. The van der Waals surface area contributed by atoms with Gasteiger partial charge < -0.3 is 20.7 Å². The lowest BCUT2D eigenvalue weighted by Crippen LogP contribution is -2.42. The Balaban J connectivity index is 1.44. The van der Waals surface area contributed by atoms with E-state index in [9.17, 15) is 9.59 Å². The predicted molar refractivity (Wildman–Crippen MR) is 158 cm³/mol. The van der Waals surface area contributed by atoms with Gasteiger partial charge in [0.1, 0.15) is 5.75 Å². The molecule has 0 bridgehead atoms. The molecule has 200 valence electrons. The summed E-state index contributed by atoms with van der Waals surface area (Å²) in [5.41, 5.74) is 3.90. The minimum absolute atomic E-state index is 0.106. The lowest BCUT2D eigenvalue weighted by atomic mass is 9.87. The van der Waals surface area contributed by atoms with Crippen LogP contribution in [0.2, 0.25) is 0 Å². The van der Waals surface area contributed by atoms with Crippen LogP contribution in [-0.2, 0) is 4.79 Å². The van der Waals surface area contributed by atoms with E-state index in [0.717, 1.165) is 28.9 Å². The highest BCUT2D eigenvalue weighted by Crippen LogP contribution is 2.24. The van der Waals surface area contributed by atoms with Gasteiger partial charge in [-0.1, -0.05) is 56.3 Å². The maximum absolute atomic E-state index is 12.9. The summed E-state index contributed by atoms with van der Waals surface area (Å²) in [5, 5.41) is 9.02. The fourth-order valence-electron chi connectivity index (χ4n) is 3.92. The Morgan fingerprint density at radius 3 is 2.34 bits per heavy atom. The minimum atomic E-state index is -0.617. The van der Waals surface area contributed by atoms with Gasteiger partial charge in [0.2, 0.25) is 5.91 Å². The van der Waals surface area contributed by atoms with E-state index in [-0.39, 0.29) is 23.0 Å². The van der Waals surface area contributed by atoms with Gasteiger partial charge in [-0.2, -0.15) is 0 Å². The first-order valence-electron chi connectivity index (χ1n) is 12.8. The third-order valence-electron chi connectivity index (χ3n) is 6.44. The van der Waals surface area contributed by atoms with Crippen LogP contribution in [0.15, 0.2) is 72.8 Å². The fraction of sp³-hybridized carbons (Fsp3) is 0.323. The van der Waals surface area contributed by atoms with Crippen molar-refractivity contribution in [2.24, 2.45) is 5.41 Å². The molecule has 0 radical (unpaired) electrons. The van der Waals surface area contributed by atoms with E-state index in [1.165, 1.54) is 0 Å². The number of benzene rings is 3. The van der Waals surface area contributed by atoms with Crippen LogP contribution >= 0.6 is 12.2 Å². The summed E-state index contributed by atoms with van der Waals surface area (Å²) in [4.78, 5) is 25.5. The Bertz CT molecular complexity index is 1260. The van der Waals surface area contributed by atoms with Gasteiger partial charge in [-0.3, -0.25) is 9.59 Å². The lowest BCUT2D eigenvalue weighted by Gasteiger charge is -2.24. The molecule has 1 atom stereocenters. The molecule has 7 heteroatoms. The number of amides is 2. The lowest BCUT2D eigenvalue weighted by molar-refractivity contribution is -0.128. The third-order valence-corrected chi connectivity index (χ3v) is 6.65. The number of carbonyl (C=O) groups excluding carboxylic acids is 2. The zero-order valence-corrected chi connectivity index (χ0v) is 23.6. The smallest absolute Gasteiger partial charge is 0.251 e. The van der Waals surface area contributed by atoms with Crippen molar-refractivity contribution in [3.8, 4) is 5.75 Å². The molecule has 6 nitrogen and oxygen atoms in total. The molecular weight excluding hydrogens is 494 g/mol. The third kappa shape index (κ3) is 8.42. The molecule has 3 N–H and O–H groups in total. The van der Waals surface area contributed by atoms with Crippen LogP contribution in [0.5, 0.6) is 5.75 Å². The molecule has 0 spiro atoms. The van der Waals surface area contributed by atoms with E-state index in [0.29, 0.717) is 24.3 Å². The van der Waals surface area contributed by atoms with Crippen molar-refractivity contribution in [3.05, 3.63) is 95.1 Å². The van der Waals surface area contributed by atoms with Gasteiger partial charge in [-0.25, -0.2) is 0 Å². The fourth-order valence-corrected chi connectivity index (χ4v) is 4.13. The number of anilines is 1. The molecular formula is C31H37N3O3S. The SMILES string of the molecule is Cc1ccc(C)c(OCCCC(C)(C)C(=O)NC(=S)Nc2ccc(C(=O)NC(C)c3ccccc3)cc2)c1. The van der Waals surface area contributed by atoms with Crippen molar-refractivity contribution < 1.29 is 14.3 Å². The molecule has 0 aliphatic heterocycles. The van der Waals surface area contributed by atoms with E-state index < -0.39 is 5.41 Å². The van der Waals surface area contributed by atoms with Gasteiger partial charge in [0.05, 0.1) is 12.6 Å². The van der Waals surface area contributed by atoms with Crippen LogP contribution in [0.3, 0.4) is 0 Å². The average Bonchev–Trinajstić information content (AvgIpc) is 2.89. The first-order chi connectivity index (χ1) is 18.0. The van der Waals surface area contributed by atoms with E-state index in [4.69, 9.17) is 17.0 Å². The number of aryl methyl sites for hydroxylation is 2. The van der Waals surface area contributed by atoms with Crippen LogP contribution in [0, 0.1) is 19.3 Å². The largest absolute Gasteiger partial charge is 0.493 e. The molecule has 0 saturated carbocycles. The van der Waals surface area contributed by atoms with Gasteiger partial charge in [0.25, 0.3) is 5.91 Å². The minimum Gasteiger partial charge on any atom is -0.493 e. The second-order valence-electron chi connectivity index (χ2n) is 10.2. The first-order valence-corrected chi connectivity index (χ1v) is 13.2. The Kier molecular flexibility index (Phi) is 10.0. The molecule has 2 amide bonds. The molecule has 0 aromatic heterocycles. The molecule has 38 heavy (non-hydrogen) atoms. The number of thiocarbonyl (C=S) groups is 1. The quantitative estimate of drug-likeness (QED) is 0.206. The van der Waals surface area contributed by atoms with Crippen LogP contribution in [0.4, 0.5) is 5.69 Å². The van der Waals surface area contributed by atoms with Crippen molar-refractivity contribution in [3.63, 3.8) is 0 Å². The summed E-state index contributed by atoms with van der Waals surface area (Å²) >= 11 is 5.36. The molecule has 0 saturated heterocycles. The number of nitrogens with one attached hydrogen (secondary N) is 3. The van der Waals surface area contributed by atoms with Gasteiger partial charge in [-0.15, -0.1) is 0 Å². The summed E-state index contributed by atoms with van der Waals surface area (Å²) in [5.74, 6) is 0.562. The number of hydrogen-bond donors (Lipinski definition) is 3. The first kappa shape index (κ1) is 28.9. The molecule has 0 aliphatic rings. The van der Waals surface area contributed by atoms with E-state index >= 15 is 0 Å². The highest BCUT2D eigenvalue weighted by molar-refractivity contribution is 7.80. The summed E-state index contributed by atoms with van der Waals surface area (Å²) in [6.07, 6.45) is 1.39. The molecule has 3 rings (SSSR count). The van der Waals surface area contributed by atoms with Gasteiger partial charge in [0, 0.05) is 16.7 Å². The van der Waals surface area contributed by atoms with Crippen molar-refractivity contribution in [2.45, 2.75) is 53.5 Å². The maximum Gasteiger partial charge on any atom is 0.251 e. The maximum atomic E-state index is 12.9. The van der Waals surface area contributed by atoms with Gasteiger partial charge >= 0.3 is 0 Å². The van der Waals surface area contributed by atoms with E-state index in [1.807, 2.05) is 77.1 Å². The Labute approximate surface area is 231 Å². The highest BCUT2D eigenvalue weighted by atomic mass is 32.1. The van der Waals surface area contributed by atoms with E-state index in [2.05, 4.69) is 22.0 Å². The van der Waals surface area contributed by atoms with Crippen molar-refractivity contribution in [2.75, 3.05) is 11.9 Å². The summed E-state index contributed by atoms with van der Waals surface area (Å²) in [6, 6.07) is 22.8. The van der Waals surface area contributed by atoms with Gasteiger partial charge in [-0.05, 0) is 92.9 Å². The second kappa shape index (κ2) is 13.2. The normalized spacial score (nSPS) is 11.8. The molecule has 3 aromatic carbocycles. The Hall–Kier alpha value is -3.71. The molecule has 1 unspecified atom stereocenters. The van der Waals surface area contributed by atoms with Crippen molar-refractivity contribution in [1.82, 2.24) is 10.6 Å². The predicted octanol–water partition coefficient (Wildman–Crippen LogP) is 6.49. The Morgan fingerprint density at radius 2 is 1.66 bits per heavy atom. The van der Waals surface area contributed by atoms with Gasteiger partial charge in [0.15, 0.2) is 5.11 Å². The number of carbonyl (C=O) groups is 2. The topological polar surface area (TPSA) is 79.5 Å². The van der Waals surface area contributed by atoms with Crippen LogP contribution in [0.25, 0.3) is 0 Å². The highest BCUT2D eigenvalue weighted by Gasteiger charge is 2.28. The van der Waals surface area contributed by atoms with Crippen LogP contribution in [0.1, 0.15) is 66.7 Å². The van der Waals surface area contributed by atoms with Crippen LogP contribution < -0.4 is 20.7 Å². The second-order valence-corrected chi connectivity index (χ2v) is 10.6. The standard InChI is InChI=1S/C31H37N3O3S/c1-21-12-13-22(2)27(20-21)37-19-9-18-31(4,5)29(36)34-30(38)33-26-16-14-25(15-17-26)28(35)32-23(3)24-10-7-6-8-11-24/h6-8,10-17,20,23H,9,18-19H2,1-5H3,(H,32,35)(H2,33,34,36,38). The number of hydrogen-bond acceptors (Lipinski definition) is 4. The molecule has 0 fully saturated rings. The zero-order valence-electron chi connectivity index (χ0n) is 22.8. The molecule has 0 heterocycles. The average molecular weight is 532 g/mol. The van der Waals surface area contributed by atoms with Crippen molar-refractivity contribution in [1.29, 1.82) is 0 Å². The van der Waals surface area contributed by atoms with E-state index in [1.54, 1.807) is 24.3 Å². The van der Waals surface area contributed by atoms with Crippen molar-refractivity contribution >= 4 is 34.8 Å². The zero-order chi connectivity index (χ0) is 27.7. The monoisotopic (exact) mass is 531 g/mol. The number of ether oxygens (including phenoxy) is 1.